The number of carbonyl (C=O) groups excluding carboxylic acids is 1. The van der Waals surface area contributed by atoms with Crippen molar-refractivity contribution in [3.05, 3.63) is 83.9 Å². The molecule has 1 aromatic carbocycles. The van der Waals surface area contributed by atoms with Gasteiger partial charge in [-0.25, -0.2) is 9.97 Å². The number of benzene rings is 1. The molecule has 0 radical (unpaired) electrons. The molecule has 3 heterocycles. The second kappa shape index (κ2) is 11.7. The zero-order chi connectivity index (χ0) is 28.1. The number of hydrogen-bond acceptors (Lipinski definition) is 9. The Balaban J connectivity index is 1.20. The molecular weight excluding hydrogens is 520 g/mol. The summed E-state index contributed by atoms with van der Waals surface area (Å²) < 4.78 is 3.37. The van der Waals surface area contributed by atoms with Gasteiger partial charge in [0.05, 0.1) is 11.3 Å². The highest BCUT2D eigenvalue weighted by atomic mass is 32.2. The molecule has 0 bridgehead atoms. The molecule has 1 amide bonds. The predicted molar refractivity (Wildman–Crippen MR) is 159 cm³/mol. The summed E-state index contributed by atoms with van der Waals surface area (Å²) >= 11 is 1.54. The van der Waals surface area contributed by atoms with Crippen LogP contribution in [-0.4, -0.2) is 37.4 Å². The van der Waals surface area contributed by atoms with Crippen molar-refractivity contribution in [3.8, 4) is 23.1 Å². The average Bonchev–Trinajstić information content (AvgIpc) is 3.76. The first kappa shape index (κ1) is 27.1. The molecule has 40 heavy (non-hydrogen) atoms. The SMILES string of the molecule is CC(C)(C)NSc1ccc(-c2cnc(Nc3ccc(C#Cc4cc(C(=O)NC5CC5)ccn4)cc3)nc2N)nc1. The minimum absolute atomic E-state index is 0.00258. The third-order valence-electron chi connectivity index (χ3n) is 5.72. The van der Waals surface area contributed by atoms with Gasteiger partial charge in [-0.1, -0.05) is 5.92 Å². The van der Waals surface area contributed by atoms with Crippen LogP contribution in [0.3, 0.4) is 0 Å². The van der Waals surface area contributed by atoms with E-state index < -0.39 is 0 Å². The number of nitrogens with zero attached hydrogens (tertiary/aromatic N) is 4. The molecule has 3 aromatic heterocycles. The van der Waals surface area contributed by atoms with Gasteiger partial charge < -0.3 is 16.4 Å². The number of rotatable bonds is 7. The Morgan fingerprint density at radius 3 is 2.48 bits per heavy atom. The van der Waals surface area contributed by atoms with Crippen LogP contribution < -0.4 is 21.1 Å². The lowest BCUT2D eigenvalue weighted by molar-refractivity contribution is 0.0951. The molecule has 5 rings (SSSR count). The Morgan fingerprint density at radius 2 is 1.80 bits per heavy atom. The highest BCUT2D eigenvalue weighted by molar-refractivity contribution is 7.97. The van der Waals surface area contributed by atoms with Gasteiger partial charge in [0.2, 0.25) is 5.95 Å². The van der Waals surface area contributed by atoms with Gasteiger partial charge in [-0.3, -0.25) is 14.5 Å². The summed E-state index contributed by atoms with van der Waals surface area (Å²) in [5, 5.41) is 6.14. The fourth-order valence-electron chi connectivity index (χ4n) is 3.50. The van der Waals surface area contributed by atoms with E-state index in [0.29, 0.717) is 40.3 Å². The quantitative estimate of drug-likeness (QED) is 0.187. The lowest BCUT2D eigenvalue weighted by atomic mass is 10.1. The number of carbonyl (C=O) groups is 1. The van der Waals surface area contributed by atoms with Crippen molar-refractivity contribution < 1.29 is 4.79 Å². The standard InChI is InChI=1S/C30H30N8OS/c1-30(2,3)38-40-24-12-13-26(33-17-24)25-18-34-29(37-27(25)31)36-22-7-4-19(5-8-22)6-9-23-16-20(14-15-32-23)28(39)35-21-10-11-21/h4-5,7-8,12-18,21,38H,10-11H2,1-3H3,(H,35,39)(H3,31,34,36,37). The maximum atomic E-state index is 12.3. The Morgan fingerprint density at radius 1 is 1.00 bits per heavy atom. The monoisotopic (exact) mass is 550 g/mol. The van der Waals surface area contributed by atoms with Crippen LogP contribution in [-0.2, 0) is 0 Å². The Kier molecular flexibility index (Phi) is 7.96. The maximum Gasteiger partial charge on any atom is 0.251 e. The molecule has 1 aliphatic carbocycles. The second-order valence-electron chi connectivity index (χ2n) is 10.5. The van der Waals surface area contributed by atoms with Crippen molar-refractivity contribution in [2.75, 3.05) is 11.1 Å². The van der Waals surface area contributed by atoms with Crippen molar-refractivity contribution in [3.63, 3.8) is 0 Å². The fraction of sp³-hybridized carbons (Fsp3) is 0.233. The van der Waals surface area contributed by atoms with Gasteiger partial charge in [-0.05, 0) is 100 Å². The second-order valence-corrected chi connectivity index (χ2v) is 11.3. The van der Waals surface area contributed by atoms with Gasteiger partial charge in [0.25, 0.3) is 5.91 Å². The molecule has 202 valence electrons. The average molecular weight is 551 g/mol. The number of nitrogens with one attached hydrogen (secondary N) is 3. The van der Waals surface area contributed by atoms with Crippen LogP contribution in [0.2, 0.25) is 0 Å². The van der Waals surface area contributed by atoms with E-state index in [2.05, 4.69) is 67.9 Å². The van der Waals surface area contributed by atoms with E-state index in [9.17, 15) is 4.79 Å². The van der Waals surface area contributed by atoms with Crippen molar-refractivity contribution in [2.24, 2.45) is 0 Å². The third-order valence-corrected chi connectivity index (χ3v) is 6.91. The molecule has 1 fully saturated rings. The molecule has 4 aromatic rings. The normalized spacial score (nSPS) is 12.8. The number of nitrogen functional groups attached to an aromatic ring is 1. The van der Waals surface area contributed by atoms with Gasteiger partial charge in [-0.15, -0.1) is 0 Å². The molecule has 1 saturated carbocycles. The zero-order valence-electron chi connectivity index (χ0n) is 22.5. The van der Waals surface area contributed by atoms with Crippen LogP contribution >= 0.6 is 11.9 Å². The van der Waals surface area contributed by atoms with Gasteiger partial charge in [-0.2, -0.15) is 4.98 Å². The molecule has 0 aliphatic heterocycles. The molecular formula is C30H30N8OS. The Bertz CT molecular complexity index is 1570. The molecule has 1 aliphatic rings. The van der Waals surface area contributed by atoms with Crippen molar-refractivity contribution >= 4 is 35.3 Å². The van der Waals surface area contributed by atoms with E-state index in [0.717, 1.165) is 29.0 Å². The van der Waals surface area contributed by atoms with Crippen LogP contribution in [0.1, 0.15) is 55.2 Å². The van der Waals surface area contributed by atoms with Crippen molar-refractivity contribution in [1.82, 2.24) is 30.0 Å². The summed E-state index contributed by atoms with van der Waals surface area (Å²) in [4.78, 5) is 30.9. The minimum Gasteiger partial charge on any atom is -0.383 e. The van der Waals surface area contributed by atoms with E-state index >= 15 is 0 Å². The first-order valence-corrected chi connectivity index (χ1v) is 13.7. The molecule has 0 spiro atoms. The molecule has 0 unspecified atom stereocenters. The molecule has 0 saturated heterocycles. The first-order chi connectivity index (χ1) is 19.2. The largest absolute Gasteiger partial charge is 0.383 e. The number of amides is 1. The summed E-state index contributed by atoms with van der Waals surface area (Å²) in [7, 11) is 0. The molecule has 9 nitrogen and oxygen atoms in total. The zero-order valence-corrected chi connectivity index (χ0v) is 23.3. The van der Waals surface area contributed by atoms with Crippen LogP contribution in [0.25, 0.3) is 11.3 Å². The summed E-state index contributed by atoms with van der Waals surface area (Å²) in [6, 6.07) is 15.1. The van der Waals surface area contributed by atoms with Crippen molar-refractivity contribution in [2.45, 2.75) is 50.1 Å². The van der Waals surface area contributed by atoms with Crippen LogP contribution in [0.5, 0.6) is 0 Å². The van der Waals surface area contributed by atoms with Crippen LogP contribution in [0.4, 0.5) is 17.5 Å². The number of nitrogens with two attached hydrogens (primary N) is 1. The summed E-state index contributed by atoms with van der Waals surface area (Å²) in [5.41, 5.74) is 10.3. The highest BCUT2D eigenvalue weighted by Gasteiger charge is 2.23. The summed E-state index contributed by atoms with van der Waals surface area (Å²) in [6.45, 7) is 6.32. The minimum atomic E-state index is -0.0864. The van der Waals surface area contributed by atoms with E-state index in [-0.39, 0.29) is 11.4 Å². The smallest absolute Gasteiger partial charge is 0.251 e. The summed E-state index contributed by atoms with van der Waals surface area (Å²) in [6.07, 6.45) is 7.15. The topological polar surface area (TPSA) is 131 Å². The maximum absolute atomic E-state index is 12.3. The third kappa shape index (κ3) is 7.56. The Hall–Kier alpha value is -4.46. The fourth-order valence-corrected chi connectivity index (χ4v) is 4.17. The van der Waals surface area contributed by atoms with E-state index in [1.165, 1.54) is 11.9 Å². The van der Waals surface area contributed by atoms with Gasteiger partial charge in [0, 0.05) is 51.9 Å². The van der Waals surface area contributed by atoms with Crippen molar-refractivity contribution in [1.29, 1.82) is 0 Å². The van der Waals surface area contributed by atoms with E-state index in [1.54, 1.807) is 30.7 Å². The van der Waals surface area contributed by atoms with Gasteiger partial charge >= 0.3 is 0 Å². The lowest BCUT2D eigenvalue weighted by Gasteiger charge is -2.19. The van der Waals surface area contributed by atoms with Crippen LogP contribution in [0, 0.1) is 11.8 Å². The number of pyridine rings is 2. The molecule has 0 atom stereocenters. The Labute approximate surface area is 238 Å². The molecule has 10 heteroatoms. The first-order valence-electron chi connectivity index (χ1n) is 12.9. The highest BCUT2D eigenvalue weighted by Crippen LogP contribution is 2.26. The number of anilines is 3. The number of hydrogen-bond donors (Lipinski definition) is 4. The summed E-state index contributed by atoms with van der Waals surface area (Å²) in [5.74, 6) is 6.75. The number of aromatic nitrogens is 4. The van der Waals surface area contributed by atoms with Gasteiger partial charge in [0.1, 0.15) is 11.5 Å². The van der Waals surface area contributed by atoms with E-state index in [4.69, 9.17) is 5.73 Å². The van der Waals surface area contributed by atoms with E-state index in [1.807, 2.05) is 36.4 Å². The predicted octanol–water partition coefficient (Wildman–Crippen LogP) is 4.95. The lowest BCUT2D eigenvalue weighted by Crippen LogP contribution is -2.29. The van der Waals surface area contributed by atoms with Crippen LogP contribution in [0.15, 0.2) is 72.0 Å². The molecule has 5 N–H and O–H groups in total. The van der Waals surface area contributed by atoms with Gasteiger partial charge in [0.15, 0.2) is 0 Å².